The molecule has 3 aromatic carbocycles. The van der Waals surface area contributed by atoms with Gasteiger partial charge in [-0.2, -0.15) is 0 Å². The summed E-state index contributed by atoms with van der Waals surface area (Å²) in [5.74, 6) is -1.02. The number of thioether (sulfide) groups is 1. The van der Waals surface area contributed by atoms with Gasteiger partial charge in [-0.1, -0.05) is 67.2 Å². The van der Waals surface area contributed by atoms with E-state index in [1.807, 2.05) is 64.4 Å². The van der Waals surface area contributed by atoms with Gasteiger partial charge in [0.05, 0.1) is 5.03 Å². The lowest BCUT2D eigenvalue weighted by molar-refractivity contribution is -0.133. The fourth-order valence-electron chi connectivity index (χ4n) is 5.91. The molecule has 1 N–H and O–H groups in total. The second kappa shape index (κ2) is 14.4. The van der Waals surface area contributed by atoms with E-state index in [1.165, 1.54) is 17.8 Å². The summed E-state index contributed by atoms with van der Waals surface area (Å²) in [7, 11) is 0. The van der Waals surface area contributed by atoms with Gasteiger partial charge in [0.25, 0.3) is 0 Å². The zero-order valence-corrected chi connectivity index (χ0v) is 26.2. The Morgan fingerprint density at radius 3 is 2.35 bits per heavy atom. The summed E-state index contributed by atoms with van der Waals surface area (Å²) >= 11 is 1.32. The lowest BCUT2D eigenvalue weighted by Gasteiger charge is -2.38. The molecular formula is C37H35F3N4OS. The Morgan fingerprint density at radius 1 is 0.957 bits per heavy atom. The first-order valence-corrected chi connectivity index (χ1v) is 16.3. The Kier molecular flexibility index (Phi) is 9.90. The van der Waals surface area contributed by atoms with E-state index >= 15 is 0 Å². The number of nitrogens with one attached hydrogen (secondary N) is 1. The molecule has 0 unspecified atom stereocenters. The van der Waals surface area contributed by atoms with Crippen molar-refractivity contribution in [1.82, 2.24) is 15.2 Å². The molecule has 0 saturated carbocycles. The highest BCUT2D eigenvalue weighted by Gasteiger charge is 2.31. The van der Waals surface area contributed by atoms with Gasteiger partial charge in [0, 0.05) is 35.7 Å². The van der Waals surface area contributed by atoms with Crippen LogP contribution in [0.3, 0.4) is 0 Å². The van der Waals surface area contributed by atoms with E-state index in [2.05, 4.69) is 16.9 Å². The quantitative estimate of drug-likeness (QED) is 0.191. The number of benzene rings is 3. The molecule has 0 atom stereocenters. The van der Waals surface area contributed by atoms with Crippen molar-refractivity contribution < 1.29 is 18.0 Å². The SMILES string of the molecule is C=C1C=C(SCc2cccc(F)c2F)N(CC(=O)N(Cc2ccc(-c3ccc(CF)cc3)cc2)C2CCNCC2)c2ncccc21. The molecule has 1 fully saturated rings. The highest BCUT2D eigenvalue weighted by molar-refractivity contribution is 8.02. The molecule has 2 aliphatic heterocycles. The lowest BCUT2D eigenvalue weighted by Crippen LogP contribution is -2.49. The zero-order chi connectivity index (χ0) is 32.0. The van der Waals surface area contributed by atoms with E-state index in [-0.39, 0.29) is 29.8 Å². The molecule has 5 nitrogen and oxygen atoms in total. The zero-order valence-electron chi connectivity index (χ0n) is 25.4. The van der Waals surface area contributed by atoms with Gasteiger partial charge in [-0.3, -0.25) is 4.79 Å². The number of pyridine rings is 1. The monoisotopic (exact) mass is 640 g/mol. The number of amides is 1. The maximum absolute atomic E-state index is 14.5. The van der Waals surface area contributed by atoms with E-state index < -0.39 is 18.3 Å². The molecule has 6 rings (SSSR count). The van der Waals surface area contributed by atoms with E-state index in [0.29, 0.717) is 23.0 Å². The van der Waals surface area contributed by atoms with Gasteiger partial charge < -0.3 is 15.1 Å². The summed E-state index contributed by atoms with van der Waals surface area (Å²) < 4.78 is 41.4. The topological polar surface area (TPSA) is 48.5 Å². The number of anilines is 1. The standard InChI is InChI=1S/C37H35F3N4OS/c1-25-20-35(46-24-30-4-2-6-33(39)36(30)40)44(37-32(25)5-3-17-42-37)23-34(45)43(31-15-18-41-19-16-31)22-27-9-13-29(14-10-27)28-11-7-26(21-38)8-12-28/h2-14,17,20,31,41H,1,15-16,18-19,21-24H2. The maximum Gasteiger partial charge on any atom is 0.243 e. The van der Waals surface area contributed by atoms with Gasteiger partial charge in [0.1, 0.15) is 19.0 Å². The van der Waals surface area contributed by atoms with Crippen molar-refractivity contribution in [2.75, 3.05) is 24.5 Å². The van der Waals surface area contributed by atoms with Crippen LogP contribution in [0, 0.1) is 11.6 Å². The summed E-state index contributed by atoms with van der Waals surface area (Å²) in [6.45, 7) is 5.84. The largest absolute Gasteiger partial charge is 0.334 e. The highest BCUT2D eigenvalue weighted by Crippen LogP contribution is 2.39. The summed E-state index contributed by atoms with van der Waals surface area (Å²) in [6, 6.07) is 23.5. The highest BCUT2D eigenvalue weighted by atomic mass is 32.2. The van der Waals surface area contributed by atoms with Crippen molar-refractivity contribution in [3.63, 3.8) is 0 Å². The van der Waals surface area contributed by atoms with Crippen LogP contribution in [-0.2, 0) is 23.8 Å². The van der Waals surface area contributed by atoms with E-state index in [1.54, 1.807) is 24.4 Å². The first-order valence-electron chi connectivity index (χ1n) is 15.3. The van der Waals surface area contributed by atoms with Crippen molar-refractivity contribution in [2.24, 2.45) is 0 Å². The molecule has 0 spiro atoms. The number of piperidine rings is 1. The Labute approximate surface area is 271 Å². The van der Waals surface area contributed by atoms with Crippen LogP contribution in [0.1, 0.15) is 35.1 Å². The number of fused-ring (bicyclic) bond motifs is 1. The molecule has 1 aromatic heterocycles. The average molecular weight is 641 g/mol. The molecule has 46 heavy (non-hydrogen) atoms. The van der Waals surface area contributed by atoms with Gasteiger partial charge in [-0.15, -0.1) is 11.8 Å². The van der Waals surface area contributed by atoms with Crippen LogP contribution < -0.4 is 10.2 Å². The van der Waals surface area contributed by atoms with Crippen molar-refractivity contribution in [2.45, 2.75) is 37.9 Å². The normalized spacial score (nSPS) is 15.0. The van der Waals surface area contributed by atoms with Gasteiger partial charge in [-0.05, 0) is 78.0 Å². The number of carbonyl (C=O) groups excluding carboxylic acids is 1. The Morgan fingerprint density at radius 2 is 1.65 bits per heavy atom. The van der Waals surface area contributed by atoms with Gasteiger partial charge in [-0.25, -0.2) is 18.2 Å². The first kappa shape index (κ1) is 31.6. The molecule has 2 aliphatic rings. The summed E-state index contributed by atoms with van der Waals surface area (Å²) in [4.78, 5) is 22.8. The molecular weight excluding hydrogens is 605 g/mol. The third-order valence-electron chi connectivity index (χ3n) is 8.47. The number of halogens is 3. The average Bonchev–Trinajstić information content (AvgIpc) is 3.10. The Hall–Kier alpha value is -4.34. The summed E-state index contributed by atoms with van der Waals surface area (Å²) in [5.41, 5.74) is 5.48. The van der Waals surface area contributed by atoms with Crippen LogP contribution in [0.5, 0.6) is 0 Å². The van der Waals surface area contributed by atoms with Crippen LogP contribution in [0.15, 0.2) is 103 Å². The third-order valence-corrected chi connectivity index (χ3v) is 9.56. The third kappa shape index (κ3) is 7.06. The van der Waals surface area contributed by atoms with Crippen molar-refractivity contribution in [1.29, 1.82) is 0 Å². The number of rotatable bonds is 10. The number of allylic oxidation sites excluding steroid dienone is 2. The molecule has 0 bridgehead atoms. The number of aromatic nitrogens is 1. The second-order valence-electron chi connectivity index (χ2n) is 11.5. The first-order chi connectivity index (χ1) is 22.4. The van der Waals surface area contributed by atoms with E-state index in [0.717, 1.165) is 59.8 Å². The molecule has 4 aromatic rings. The van der Waals surface area contributed by atoms with Crippen LogP contribution in [0.25, 0.3) is 16.7 Å². The second-order valence-corrected chi connectivity index (χ2v) is 12.5. The predicted molar refractivity (Wildman–Crippen MR) is 179 cm³/mol. The minimum absolute atomic E-state index is 0.0324. The summed E-state index contributed by atoms with van der Waals surface area (Å²) in [6.07, 6.45) is 5.24. The van der Waals surface area contributed by atoms with E-state index in [4.69, 9.17) is 0 Å². The number of alkyl halides is 1. The predicted octanol–water partition coefficient (Wildman–Crippen LogP) is 7.89. The molecule has 0 aliphatic carbocycles. The minimum atomic E-state index is -0.889. The number of hydrogen-bond acceptors (Lipinski definition) is 5. The minimum Gasteiger partial charge on any atom is -0.334 e. The van der Waals surface area contributed by atoms with Crippen LogP contribution >= 0.6 is 11.8 Å². The van der Waals surface area contributed by atoms with Gasteiger partial charge in [0.15, 0.2) is 11.6 Å². The van der Waals surface area contributed by atoms with Crippen LogP contribution in [-0.4, -0.2) is 41.5 Å². The van der Waals surface area contributed by atoms with Crippen molar-refractivity contribution in [3.05, 3.63) is 137 Å². The molecule has 236 valence electrons. The molecule has 9 heteroatoms. The fraction of sp³-hybridized carbons (Fsp3) is 0.243. The van der Waals surface area contributed by atoms with E-state index in [9.17, 15) is 18.0 Å². The molecule has 3 heterocycles. The lowest BCUT2D eigenvalue weighted by atomic mass is 10.0. The number of carbonyl (C=O) groups is 1. The molecule has 0 radical (unpaired) electrons. The van der Waals surface area contributed by atoms with Gasteiger partial charge in [0.2, 0.25) is 5.91 Å². The molecule has 1 saturated heterocycles. The maximum atomic E-state index is 14.5. The fourth-order valence-corrected chi connectivity index (χ4v) is 6.97. The Balaban J connectivity index is 1.25. The molecule has 1 amide bonds. The number of hydrogen-bond donors (Lipinski definition) is 1. The smallest absolute Gasteiger partial charge is 0.243 e. The van der Waals surface area contributed by atoms with Crippen molar-refractivity contribution >= 4 is 29.1 Å². The number of nitrogens with zero attached hydrogens (tertiary/aromatic N) is 3. The summed E-state index contributed by atoms with van der Waals surface area (Å²) in [5, 5.41) is 4.09. The van der Waals surface area contributed by atoms with Crippen LogP contribution in [0.4, 0.5) is 19.0 Å². The van der Waals surface area contributed by atoms with Gasteiger partial charge >= 0.3 is 0 Å². The Bertz CT molecular complexity index is 1740. The van der Waals surface area contributed by atoms with Crippen molar-refractivity contribution in [3.8, 4) is 11.1 Å². The van der Waals surface area contributed by atoms with Crippen LogP contribution in [0.2, 0.25) is 0 Å².